The van der Waals surface area contributed by atoms with E-state index in [-0.39, 0.29) is 0 Å². The summed E-state index contributed by atoms with van der Waals surface area (Å²) in [6.07, 6.45) is 5.95. The Bertz CT molecular complexity index is 256. The predicted octanol–water partition coefficient (Wildman–Crippen LogP) is 3.38. The maximum absolute atomic E-state index is 5.68. The zero-order chi connectivity index (χ0) is 8.39. The van der Waals surface area contributed by atoms with Gasteiger partial charge in [-0.3, -0.25) is 0 Å². The molecule has 2 rings (SSSR count). The molecule has 0 aliphatic heterocycles. The second-order valence-corrected chi connectivity index (χ2v) is 4.75. The van der Waals surface area contributed by atoms with E-state index in [1.165, 1.54) is 24.2 Å². The van der Waals surface area contributed by atoms with Crippen LogP contribution in [0.4, 0.5) is 0 Å². The molecule has 64 valence electrons. The van der Waals surface area contributed by atoms with Crippen molar-refractivity contribution >= 4 is 23.4 Å². The third kappa shape index (κ3) is 1.93. The number of pyridine rings is 1. The first-order chi connectivity index (χ1) is 5.84. The Labute approximate surface area is 81.5 Å². The van der Waals surface area contributed by atoms with Crippen LogP contribution in [0.15, 0.2) is 23.2 Å². The number of hydrogen-bond donors (Lipinski definition) is 0. The van der Waals surface area contributed by atoms with E-state index in [4.69, 9.17) is 11.6 Å². The lowest BCUT2D eigenvalue weighted by Gasteiger charge is -2.24. The maximum atomic E-state index is 5.68. The van der Waals surface area contributed by atoms with Crippen molar-refractivity contribution in [3.63, 3.8) is 0 Å². The molecule has 0 N–H and O–H groups in total. The summed E-state index contributed by atoms with van der Waals surface area (Å²) in [6, 6.07) is 3.89. The molecule has 1 aromatic rings. The van der Waals surface area contributed by atoms with Crippen molar-refractivity contribution < 1.29 is 0 Å². The van der Waals surface area contributed by atoms with Crippen molar-refractivity contribution in [3.05, 3.63) is 23.5 Å². The van der Waals surface area contributed by atoms with Gasteiger partial charge in [0.2, 0.25) is 0 Å². The van der Waals surface area contributed by atoms with Crippen molar-refractivity contribution in [1.82, 2.24) is 4.98 Å². The number of thioether (sulfide) groups is 1. The second kappa shape index (κ2) is 3.67. The SMILES string of the molecule is Clc1ccc(SC2CCC2)cn1. The Hall–Kier alpha value is -0.210. The Morgan fingerprint density at radius 2 is 2.25 bits per heavy atom. The van der Waals surface area contributed by atoms with Crippen molar-refractivity contribution in [2.24, 2.45) is 0 Å². The predicted molar refractivity (Wildman–Crippen MR) is 52.7 cm³/mol. The van der Waals surface area contributed by atoms with Crippen molar-refractivity contribution in [1.29, 1.82) is 0 Å². The molecule has 0 radical (unpaired) electrons. The minimum Gasteiger partial charge on any atom is -0.243 e. The van der Waals surface area contributed by atoms with Crippen LogP contribution in [0.5, 0.6) is 0 Å². The Morgan fingerprint density at radius 1 is 1.42 bits per heavy atom. The molecule has 1 aliphatic carbocycles. The molecule has 1 aromatic heterocycles. The van der Waals surface area contributed by atoms with Crippen LogP contribution in [0.3, 0.4) is 0 Å². The highest BCUT2D eigenvalue weighted by Gasteiger charge is 2.18. The third-order valence-electron chi connectivity index (χ3n) is 2.06. The zero-order valence-electron chi connectivity index (χ0n) is 6.66. The van der Waals surface area contributed by atoms with Crippen LogP contribution in [0.25, 0.3) is 0 Å². The highest BCUT2D eigenvalue weighted by Crippen LogP contribution is 2.35. The fourth-order valence-electron chi connectivity index (χ4n) is 1.11. The Kier molecular flexibility index (Phi) is 2.57. The van der Waals surface area contributed by atoms with Gasteiger partial charge in [-0.1, -0.05) is 18.0 Å². The normalized spacial score (nSPS) is 17.4. The topological polar surface area (TPSA) is 12.9 Å². The first-order valence-electron chi connectivity index (χ1n) is 4.13. The van der Waals surface area contributed by atoms with Crippen molar-refractivity contribution in [2.75, 3.05) is 0 Å². The summed E-state index contributed by atoms with van der Waals surface area (Å²) >= 11 is 7.59. The Balaban J connectivity index is 1.98. The van der Waals surface area contributed by atoms with E-state index in [1.54, 1.807) is 0 Å². The summed E-state index contributed by atoms with van der Waals surface area (Å²) in [6.45, 7) is 0. The molecule has 1 fully saturated rings. The van der Waals surface area contributed by atoms with E-state index in [9.17, 15) is 0 Å². The van der Waals surface area contributed by atoms with Gasteiger partial charge < -0.3 is 0 Å². The average Bonchev–Trinajstić information content (AvgIpc) is 2.00. The molecule has 1 saturated carbocycles. The molecule has 3 heteroatoms. The molecule has 0 saturated heterocycles. The molecule has 12 heavy (non-hydrogen) atoms. The van der Waals surface area contributed by atoms with E-state index < -0.39 is 0 Å². The van der Waals surface area contributed by atoms with Gasteiger partial charge in [0.1, 0.15) is 5.15 Å². The summed E-state index contributed by atoms with van der Waals surface area (Å²) in [4.78, 5) is 5.28. The number of hydrogen-bond acceptors (Lipinski definition) is 2. The first-order valence-corrected chi connectivity index (χ1v) is 5.38. The minimum atomic E-state index is 0.577. The summed E-state index contributed by atoms with van der Waals surface area (Å²) in [5.74, 6) is 0. The Morgan fingerprint density at radius 3 is 2.75 bits per heavy atom. The molecule has 0 aromatic carbocycles. The van der Waals surface area contributed by atoms with Crippen LogP contribution in [-0.2, 0) is 0 Å². The van der Waals surface area contributed by atoms with E-state index in [1.807, 2.05) is 30.1 Å². The quantitative estimate of drug-likeness (QED) is 0.678. The van der Waals surface area contributed by atoms with E-state index in [2.05, 4.69) is 4.98 Å². The van der Waals surface area contributed by atoms with Gasteiger partial charge in [0.25, 0.3) is 0 Å². The molecule has 1 heterocycles. The molecule has 0 spiro atoms. The standard InChI is InChI=1S/C9H10ClNS/c10-9-5-4-8(6-11-9)12-7-2-1-3-7/h4-7H,1-3H2. The van der Waals surface area contributed by atoms with Gasteiger partial charge >= 0.3 is 0 Å². The van der Waals surface area contributed by atoms with Crippen molar-refractivity contribution in [2.45, 2.75) is 29.4 Å². The van der Waals surface area contributed by atoms with Gasteiger partial charge in [-0.25, -0.2) is 4.98 Å². The number of aromatic nitrogens is 1. The van der Waals surface area contributed by atoms with Crippen LogP contribution in [0, 0.1) is 0 Å². The summed E-state index contributed by atoms with van der Waals surface area (Å²) in [5.41, 5.74) is 0. The van der Waals surface area contributed by atoms with Gasteiger partial charge in [0.15, 0.2) is 0 Å². The van der Waals surface area contributed by atoms with E-state index in [0.29, 0.717) is 5.15 Å². The zero-order valence-corrected chi connectivity index (χ0v) is 8.24. The number of halogens is 1. The fraction of sp³-hybridized carbons (Fsp3) is 0.444. The van der Waals surface area contributed by atoms with Crippen LogP contribution >= 0.6 is 23.4 Å². The molecule has 0 atom stereocenters. The fourth-order valence-corrected chi connectivity index (χ4v) is 2.44. The lowest BCUT2D eigenvalue weighted by Crippen LogP contribution is -2.12. The second-order valence-electron chi connectivity index (χ2n) is 2.99. The molecule has 1 aliphatic rings. The summed E-state index contributed by atoms with van der Waals surface area (Å²) < 4.78 is 0. The highest BCUT2D eigenvalue weighted by molar-refractivity contribution is 8.00. The van der Waals surface area contributed by atoms with Crippen LogP contribution in [0.1, 0.15) is 19.3 Å². The summed E-state index contributed by atoms with van der Waals surface area (Å²) in [5, 5.41) is 1.40. The van der Waals surface area contributed by atoms with Crippen LogP contribution in [0.2, 0.25) is 5.15 Å². The van der Waals surface area contributed by atoms with Gasteiger partial charge in [-0.2, -0.15) is 0 Å². The molecular weight excluding hydrogens is 190 g/mol. The lowest BCUT2D eigenvalue weighted by molar-refractivity contribution is 0.522. The maximum Gasteiger partial charge on any atom is 0.129 e. The van der Waals surface area contributed by atoms with Crippen molar-refractivity contribution in [3.8, 4) is 0 Å². The van der Waals surface area contributed by atoms with Crippen LogP contribution < -0.4 is 0 Å². The minimum absolute atomic E-state index is 0.577. The first kappa shape index (κ1) is 8.39. The van der Waals surface area contributed by atoms with E-state index in [0.717, 1.165) is 5.25 Å². The average molecular weight is 200 g/mol. The van der Waals surface area contributed by atoms with Gasteiger partial charge in [-0.05, 0) is 25.0 Å². The smallest absolute Gasteiger partial charge is 0.129 e. The molecular formula is C9H10ClNS. The third-order valence-corrected chi connectivity index (χ3v) is 3.60. The van der Waals surface area contributed by atoms with Gasteiger partial charge in [0.05, 0.1) is 0 Å². The molecule has 0 bridgehead atoms. The van der Waals surface area contributed by atoms with Gasteiger partial charge in [0, 0.05) is 16.3 Å². The van der Waals surface area contributed by atoms with E-state index >= 15 is 0 Å². The molecule has 0 amide bonds. The number of nitrogens with zero attached hydrogens (tertiary/aromatic N) is 1. The molecule has 1 nitrogen and oxygen atoms in total. The lowest BCUT2D eigenvalue weighted by atomic mass is 10.0. The highest BCUT2D eigenvalue weighted by atomic mass is 35.5. The van der Waals surface area contributed by atoms with Crippen LogP contribution in [-0.4, -0.2) is 10.2 Å². The summed E-state index contributed by atoms with van der Waals surface area (Å²) in [7, 11) is 0. The number of rotatable bonds is 2. The largest absolute Gasteiger partial charge is 0.243 e. The molecule has 0 unspecified atom stereocenters. The van der Waals surface area contributed by atoms with Gasteiger partial charge in [-0.15, -0.1) is 11.8 Å². The monoisotopic (exact) mass is 199 g/mol.